The molecule has 0 bridgehead atoms. The quantitative estimate of drug-likeness (QED) is 0.264. The zero-order valence-electron chi connectivity index (χ0n) is 24.2. The van der Waals surface area contributed by atoms with E-state index in [0.717, 1.165) is 47.5 Å². The van der Waals surface area contributed by atoms with Gasteiger partial charge in [0.1, 0.15) is 6.54 Å². The Balaban J connectivity index is 1.38. The highest BCUT2D eigenvalue weighted by Crippen LogP contribution is 2.38. The number of aliphatic hydroxyl groups excluding tert-OH is 1. The molecule has 10 heteroatoms. The van der Waals surface area contributed by atoms with E-state index in [1.54, 1.807) is 6.92 Å². The van der Waals surface area contributed by atoms with Gasteiger partial charge < -0.3 is 34.9 Å². The second kappa shape index (κ2) is 16.0. The van der Waals surface area contributed by atoms with Crippen molar-refractivity contribution in [3.63, 3.8) is 0 Å². The second-order valence-electron chi connectivity index (χ2n) is 10.3. The predicted molar refractivity (Wildman–Crippen MR) is 157 cm³/mol. The van der Waals surface area contributed by atoms with Gasteiger partial charge in [-0.05, 0) is 42.8 Å². The third-order valence-corrected chi connectivity index (χ3v) is 7.01. The van der Waals surface area contributed by atoms with E-state index in [1.807, 2.05) is 72.9 Å². The van der Waals surface area contributed by atoms with Crippen LogP contribution < -0.4 is 10.6 Å². The van der Waals surface area contributed by atoms with Crippen molar-refractivity contribution in [1.82, 2.24) is 20.5 Å². The van der Waals surface area contributed by atoms with E-state index in [4.69, 9.17) is 14.2 Å². The van der Waals surface area contributed by atoms with E-state index in [1.165, 1.54) is 0 Å². The first kappa shape index (κ1) is 31.1. The van der Waals surface area contributed by atoms with Crippen molar-refractivity contribution in [3.8, 4) is 0 Å². The molecule has 0 unspecified atom stereocenters. The van der Waals surface area contributed by atoms with Crippen molar-refractivity contribution in [3.05, 3.63) is 101 Å². The maximum absolute atomic E-state index is 12.0. The van der Waals surface area contributed by atoms with Crippen molar-refractivity contribution in [2.24, 2.45) is 0 Å². The Kier molecular flexibility index (Phi) is 11.8. The standard InChI is InChI=1S/C32H40N4O6/c1-3-40-30(38)20-35-32(39)34-19-23-7-13-26(14-8-23)31-41-28(21-36(2)17-15-27-6-4-5-16-33-27)18-29(42-31)25-11-9-24(22-37)10-12-25/h4-14,16,28-29,31,37H,3,15,17-22H2,1-2H3,(H2,34,35,39)/t28-,29+,31+/m1/s1. The molecule has 1 aliphatic rings. The maximum Gasteiger partial charge on any atom is 0.325 e. The lowest BCUT2D eigenvalue weighted by atomic mass is 9.99. The van der Waals surface area contributed by atoms with Crippen LogP contribution in [0.4, 0.5) is 4.79 Å². The molecule has 1 aliphatic heterocycles. The number of aliphatic hydroxyl groups is 1. The number of aromatic nitrogens is 1. The Bertz CT molecular complexity index is 1260. The summed E-state index contributed by atoms with van der Waals surface area (Å²) in [5.41, 5.74) is 4.72. The Morgan fingerprint density at radius 1 is 1.00 bits per heavy atom. The van der Waals surface area contributed by atoms with Crippen molar-refractivity contribution in [2.75, 3.05) is 33.3 Å². The minimum absolute atomic E-state index is 0.00447. The Hall–Kier alpha value is -3.83. The van der Waals surface area contributed by atoms with E-state index in [-0.39, 0.29) is 32.0 Å². The van der Waals surface area contributed by atoms with Gasteiger partial charge in [-0.3, -0.25) is 9.78 Å². The van der Waals surface area contributed by atoms with Gasteiger partial charge in [-0.1, -0.05) is 54.6 Å². The number of carbonyl (C=O) groups is 2. The van der Waals surface area contributed by atoms with Crippen LogP contribution in [-0.4, -0.2) is 66.4 Å². The molecule has 1 saturated heterocycles. The number of pyridine rings is 1. The van der Waals surface area contributed by atoms with Crippen LogP contribution in [-0.2, 0) is 38.6 Å². The lowest BCUT2D eigenvalue weighted by Gasteiger charge is -2.38. The second-order valence-corrected chi connectivity index (χ2v) is 10.3. The number of benzene rings is 2. The number of ether oxygens (including phenoxy) is 3. The van der Waals surface area contributed by atoms with E-state index in [0.29, 0.717) is 13.0 Å². The molecule has 2 heterocycles. The highest BCUT2D eigenvalue weighted by atomic mass is 16.7. The molecule has 0 saturated carbocycles. The van der Waals surface area contributed by atoms with Gasteiger partial charge in [-0.25, -0.2) is 4.79 Å². The van der Waals surface area contributed by atoms with E-state index in [2.05, 4.69) is 27.6 Å². The fourth-order valence-corrected chi connectivity index (χ4v) is 4.73. The zero-order valence-corrected chi connectivity index (χ0v) is 24.2. The first-order valence-corrected chi connectivity index (χ1v) is 14.3. The van der Waals surface area contributed by atoms with Gasteiger partial charge in [0.2, 0.25) is 0 Å². The number of hydrogen-bond acceptors (Lipinski definition) is 8. The van der Waals surface area contributed by atoms with Crippen LogP contribution in [0.2, 0.25) is 0 Å². The van der Waals surface area contributed by atoms with Crippen LogP contribution in [0.25, 0.3) is 0 Å². The van der Waals surface area contributed by atoms with Crippen LogP contribution >= 0.6 is 0 Å². The summed E-state index contributed by atoms with van der Waals surface area (Å²) in [6, 6.07) is 21.1. The summed E-state index contributed by atoms with van der Waals surface area (Å²) in [5.74, 6) is -0.482. The van der Waals surface area contributed by atoms with Gasteiger partial charge in [0.05, 0.1) is 25.4 Å². The van der Waals surface area contributed by atoms with Crippen LogP contribution in [0.5, 0.6) is 0 Å². The maximum atomic E-state index is 12.0. The van der Waals surface area contributed by atoms with Gasteiger partial charge in [0.15, 0.2) is 6.29 Å². The lowest BCUT2D eigenvalue weighted by molar-refractivity contribution is -0.252. The summed E-state index contributed by atoms with van der Waals surface area (Å²) in [7, 11) is 2.09. The molecule has 2 amide bonds. The molecule has 0 spiro atoms. The highest BCUT2D eigenvalue weighted by Gasteiger charge is 2.32. The molecule has 4 rings (SSSR count). The number of likely N-dealkylation sites (N-methyl/N-ethyl adjacent to an activating group) is 1. The van der Waals surface area contributed by atoms with Crippen LogP contribution in [0.15, 0.2) is 72.9 Å². The molecule has 3 N–H and O–H groups in total. The zero-order chi connectivity index (χ0) is 29.7. The van der Waals surface area contributed by atoms with E-state index in [9.17, 15) is 14.7 Å². The first-order chi connectivity index (χ1) is 20.4. The lowest BCUT2D eigenvalue weighted by Crippen LogP contribution is -2.38. The predicted octanol–water partition coefficient (Wildman–Crippen LogP) is 3.66. The number of hydrogen-bond donors (Lipinski definition) is 3. The van der Waals surface area contributed by atoms with Gasteiger partial charge >= 0.3 is 12.0 Å². The molecule has 10 nitrogen and oxygen atoms in total. The number of amides is 2. The molecular formula is C32H40N4O6. The average Bonchev–Trinajstić information content (AvgIpc) is 3.02. The largest absolute Gasteiger partial charge is 0.465 e. The van der Waals surface area contributed by atoms with Crippen molar-refractivity contribution >= 4 is 12.0 Å². The van der Waals surface area contributed by atoms with Crippen LogP contribution in [0, 0.1) is 0 Å². The minimum atomic E-state index is -0.564. The molecule has 3 atom stereocenters. The summed E-state index contributed by atoms with van der Waals surface area (Å²) in [4.78, 5) is 30.1. The minimum Gasteiger partial charge on any atom is -0.465 e. The molecule has 42 heavy (non-hydrogen) atoms. The van der Waals surface area contributed by atoms with E-state index < -0.39 is 18.3 Å². The van der Waals surface area contributed by atoms with Crippen LogP contribution in [0.1, 0.15) is 53.7 Å². The number of esters is 1. The Labute approximate surface area is 247 Å². The summed E-state index contributed by atoms with van der Waals surface area (Å²) in [6.07, 6.45) is 2.57. The third-order valence-electron chi connectivity index (χ3n) is 7.01. The molecule has 3 aromatic rings. The summed E-state index contributed by atoms with van der Waals surface area (Å²) >= 11 is 0. The van der Waals surface area contributed by atoms with Gasteiger partial charge in [0.25, 0.3) is 0 Å². The normalized spacial score (nSPS) is 18.4. The summed E-state index contributed by atoms with van der Waals surface area (Å²) in [5, 5.41) is 14.7. The third kappa shape index (κ3) is 9.63. The molecule has 224 valence electrons. The Morgan fingerprint density at radius 3 is 2.43 bits per heavy atom. The van der Waals surface area contributed by atoms with Crippen LogP contribution in [0.3, 0.4) is 0 Å². The molecule has 0 aliphatic carbocycles. The monoisotopic (exact) mass is 576 g/mol. The number of carbonyl (C=O) groups excluding carboxylic acids is 2. The SMILES string of the molecule is CCOC(=O)CNC(=O)NCc1ccc([C@H]2O[C@@H](CN(C)CCc3ccccn3)C[C@@H](c3ccc(CO)cc3)O2)cc1. The fourth-order valence-electron chi connectivity index (χ4n) is 4.73. The van der Waals surface area contributed by atoms with Crippen molar-refractivity contribution in [2.45, 2.75) is 51.4 Å². The first-order valence-electron chi connectivity index (χ1n) is 14.3. The van der Waals surface area contributed by atoms with Gasteiger partial charge in [-0.2, -0.15) is 0 Å². The fraction of sp³-hybridized carbons (Fsp3) is 0.406. The number of nitrogens with zero attached hydrogens (tertiary/aromatic N) is 2. The molecule has 1 aromatic heterocycles. The molecule has 1 fully saturated rings. The van der Waals surface area contributed by atoms with Gasteiger partial charge in [-0.15, -0.1) is 0 Å². The summed E-state index contributed by atoms with van der Waals surface area (Å²) in [6.45, 7) is 3.68. The van der Waals surface area contributed by atoms with E-state index >= 15 is 0 Å². The van der Waals surface area contributed by atoms with Crippen molar-refractivity contribution < 1.29 is 28.9 Å². The van der Waals surface area contributed by atoms with Crippen molar-refractivity contribution in [1.29, 1.82) is 0 Å². The average molecular weight is 577 g/mol. The highest BCUT2D eigenvalue weighted by molar-refractivity contribution is 5.80. The molecule has 2 aromatic carbocycles. The Morgan fingerprint density at radius 2 is 1.74 bits per heavy atom. The smallest absolute Gasteiger partial charge is 0.325 e. The topological polar surface area (TPSA) is 122 Å². The number of nitrogens with one attached hydrogen (secondary N) is 2. The number of rotatable bonds is 13. The molecule has 0 radical (unpaired) electrons. The number of urea groups is 1. The summed E-state index contributed by atoms with van der Waals surface area (Å²) < 4.78 is 17.7. The van der Waals surface area contributed by atoms with Gasteiger partial charge in [0, 0.05) is 49.9 Å². The molecular weight excluding hydrogens is 536 g/mol.